The van der Waals surface area contributed by atoms with Gasteiger partial charge in [0.2, 0.25) is 0 Å². The van der Waals surface area contributed by atoms with Crippen LogP contribution in [0.5, 0.6) is 0 Å². The molecule has 0 aromatic rings. The molecule has 0 aliphatic carbocycles. The van der Waals surface area contributed by atoms with Crippen LogP contribution in [-0.4, -0.2) is 41.0 Å². The van der Waals surface area contributed by atoms with Gasteiger partial charge in [0.1, 0.15) is 6.61 Å². The lowest BCUT2D eigenvalue weighted by Crippen LogP contribution is -2.29. The summed E-state index contributed by atoms with van der Waals surface area (Å²) in [6.07, 6.45) is 28.8. The van der Waals surface area contributed by atoms with E-state index in [9.17, 15) is 14.2 Å². The van der Waals surface area contributed by atoms with E-state index in [1.165, 1.54) is 103 Å². The fourth-order valence-electron chi connectivity index (χ4n) is 5.02. The number of unbranched alkanes of at least 4 members (excludes halogenated alkanes) is 22. The maximum absolute atomic E-state index is 12.3. The first kappa shape index (κ1) is 41.0. The maximum Gasteiger partial charge on any atom is 0.469 e. The number of ether oxygens (including phenoxy) is 2. The summed E-state index contributed by atoms with van der Waals surface area (Å²) in [5, 5.41) is 0. The normalized spacial score (nSPS) is 12.4. The van der Waals surface area contributed by atoms with Crippen LogP contribution in [0.2, 0.25) is 0 Å². The number of hydrogen-bond donors (Lipinski definition) is 2. The Labute approximate surface area is 257 Å². The highest BCUT2D eigenvalue weighted by atomic mass is 31.2. The third kappa shape index (κ3) is 32.0. The van der Waals surface area contributed by atoms with Crippen molar-refractivity contribution in [3.8, 4) is 0 Å². The number of carbonyl (C=O) groups excluding carboxylic acids is 2. The summed E-state index contributed by atoms with van der Waals surface area (Å²) in [4.78, 5) is 42.2. The molecular formula is C33H65O8P. The minimum Gasteiger partial charge on any atom is -0.462 e. The van der Waals surface area contributed by atoms with Crippen LogP contribution in [0.25, 0.3) is 0 Å². The quantitative estimate of drug-likeness (QED) is 0.0433. The summed E-state index contributed by atoms with van der Waals surface area (Å²) in [5.74, 6) is -0.889. The molecule has 250 valence electrons. The van der Waals surface area contributed by atoms with Gasteiger partial charge in [-0.05, 0) is 12.8 Å². The summed E-state index contributed by atoms with van der Waals surface area (Å²) < 4.78 is 26.0. The number of hydrogen-bond acceptors (Lipinski definition) is 6. The van der Waals surface area contributed by atoms with Gasteiger partial charge in [0.05, 0.1) is 6.61 Å². The largest absolute Gasteiger partial charge is 0.469 e. The molecule has 42 heavy (non-hydrogen) atoms. The molecule has 8 nitrogen and oxygen atoms in total. The monoisotopic (exact) mass is 620 g/mol. The van der Waals surface area contributed by atoms with Crippen molar-refractivity contribution < 1.29 is 37.9 Å². The van der Waals surface area contributed by atoms with E-state index in [0.29, 0.717) is 6.42 Å². The second-order valence-electron chi connectivity index (χ2n) is 11.9. The van der Waals surface area contributed by atoms with Gasteiger partial charge in [0.15, 0.2) is 6.10 Å². The summed E-state index contributed by atoms with van der Waals surface area (Å²) >= 11 is 0. The zero-order chi connectivity index (χ0) is 31.2. The Balaban J connectivity index is 3.79. The lowest BCUT2D eigenvalue weighted by molar-refractivity contribution is -0.161. The van der Waals surface area contributed by atoms with Crippen molar-refractivity contribution in [2.24, 2.45) is 0 Å². The molecule has 0 aliphatic rings. The van der Waals surface area contributed by atoms with E-state index < -0.39 is 32.5 Å². The van der Waals surface area contributed by atoms with E-state index in [4.69, 9.17) is 19.3 Å². The first-order valence-corrected chi connectivity index (χ1v) is 18.9. The highest BCUT2D eigenvalue weighted by Gasteiger charge is 2.22. The van der Waals surface area contributed by atoms with Crippen molar-refractivity contribution in [1.29, 1.82) is 0 Å². The van der Waals surface area contributed by atoms with Gasteiger partial charge in [-0.1, -0.05) is 155 Å². The smallest absolute Gasteiger partial charge is 0.462 e. The van der Waals surface area contributed by atoms with E-state index in [-0.39, 0.29) is 19.4 Å². The fraction of sp³-hybridized carbons (Fsp3) is 0.939. The molecule has 9 heteroatoms. The highest BCUT2D eigenvalue weighted by Crippen LogP contribution is 2.36. The molecule has 0 bridgehead atoms. The number of rotatable bonds is 32. The van der Waals surface area contributed by atoms with Gasteiger partial charge in [-0.2, -0.15) is 0 Å². The summed E-state index contributed by atoms with van der Waals surface area (Å²) in [5.41, 5.74) is 0. The van der Waals surface area contributed by atoms with E-state index in [0.717, 1.165) is 44.9 Å². The highest BCUT2D eigenvalue weighted by molar-refractivity contribution is 7.46. The Hall–Kier alpha value is -0.950. The Bertz CT molecular complexity index is 666. The number of phosphoric ester groups is 1. The number of carbonyl (C=O) groups is 2. The lowest BCUT2D eigenvalue weighted by atomic mass is 10.0. The molecule has 0 fully saturated rings. The van der Waals surface area contributed by atoms with Crippen LogP contribution in [0.3, 0.4) is 0 Å². The van der Waals surface area contributed by atoms with Crippen molar-refractivity contribution in [3.63, 3.8) is 0 Å². The molecule has 0 heterocycles. The topological polar surface area (TPSA) is 119 Å². The molecule has 0 saturated carbocycles. The Kier molecular flexibility index (Phi) is 29.4. The average molecular weight is 621 g/mol. The van der Waals surface area contributed by atoms with Crippen molar-refractivity contribution in [3.05, 3.63) is 0 Å². The van der Waals surface area contributed by atoms with Crippen molar-refractivity contribution in [1.82, 2.24) is 0 Å². The molecule has 0 spiro atoms. The third-order valence-corrected chi connectivity index (χ3v) is 8.11. The van der Waals surface area contributed by atoms with Crippen molar-refractivity contribution in [2.75, 3.05) is 13.2 Å². The standard InChI is InChI=1S/C33H65O8P/c1-3-5-7-9-10-11-12-13-14-15-16-17-18-19-20-21-22-24-26-28-33(35)41-31(30-40-42(36,37)38)29-39-32(34)27-25-23-8-6-4-2/h31H,3-30H2,1-2H3,(H2,36,37,38). The van der Waals surface area contributed by atoms with Crippen LogP contribution in [-0.2, 0) is 28.2 Å². The van der Waals surface area contributed by atoms with Gasteiger partial charge in [-0.3, -0.25) is 14.1 Å². The minimum absolute atomic E-state index is 0.219. The second kappa shape index (κ2) is 30.1. The van der Waals surface area contributed by atoms with Gasteiger partial charge >= 0.3 is 19.8 Å². The zero-order valence-corrected chi connectivity index (χ0v) is 28.1. The molecule has 0 aliphatic heterocycles. The predicted octanol–water partition coefficient (Wildman–Crippen LogP) is 9.73. The summed E-state index contributed by atoms with van der Waals surface area (Å²) in [7, 11) is -4.73. The van der Waals surface area contributed by atoms with E-state index >= 15 is 0 Å². The molecule has 1 unspecified atom stereocenters. The fourth-order valence-corrected chi connectivity index (χ4v) is 5.38. The zero-order valence-electron chi connectivity index (χ0n) is 27.2. The minimum atomic E-state index is -4.73. The average Bonchev–Trinajstić information content (AvgIpc) is 2.95. The van der Waals surface area contributed by atoms with Gasteiger partial charge < -0.3 is 19.3 Å². The SMILES string of the molecule is CCCCCCCCCCCCCCCCCCCCCC(=O)OC(COC(=O)CCCCCCC)COP(=O)(O)O. The molecule has 0 rings (SSSR count). The molecule has 0 aromatic heterocycles. The molecular weight excluding hydrogens is 555 g/mol. The first-order valence-electron chi connectivity index (χ1n) is 17.3. The van der Waals surface area contributed by atoms with Crippen LogP contribution in [0.15, 0.2) is 0 Å². The van der Waals surface area contributed by atoms with E-state index in [1.54, 1.807) is 0 Å². The Morgan fingerprint density at radius 1 is 0.524 bits per heavy atom. The molecule has 2 N–H and O–H groups in total. The molecule has 0 amide bonds. The summed E-state index contributed by atoms with van der Waals surface area (Å²) in [6, 6.07) is 0. The van der Waals surface area contributed by atoms with Crippen molar-refractivity contribution >= 4 is 19.8 Å². The van der Waals surface area contributed by atoms with Gasteiger partial charge in [-0.25, -0.2) is 4.57 Å². The summed E-state index contributed by atoms with van der Waals surface area (Å²) in [6.45, 7) is 3.58. The Morgan fingerprint density at radius 3 is 1.21 bits per heavy atom. The van der Waals surface area contributed by atoms with Crippen LogP contribution in [0.4, 0.5) is 0 Å². The lowest BCUT2D eigenvalue weighted by Gasteiger charge is -2.18. The molecule has 0 saturated heterocycles. The number of esters is 2. The van der Waals surface area contributed by atoms with Gasteiger partial charge in [0, 0.05) is 12.8 Å². The predicted molar refractivity (Wildman–Crippen MR) is 170 cm³/mol. The van der Waals surface area contributed by atoms with Crippen LogP contribution < -0.4 is 0 Å². The van der Waals surface area contributed by atoms with E-state index in [1.807, 2.05) is 0 Å². The second-order valence-corrected chi connectivity index (χ2v) is 13.1. The maximum atomic E-state index is 12.3. The van der Waals surface area contributed by atoms with Crippen LogP contribution in [0.1, 0.15) is 181 Å². The van der Waals surface area contributed by atoms with Gasteiger partial charge in [-0.15, -0.1) is 0 Å². The van der Waals surface area contributed by atoms with Crippen LogP contribution in [0, 0.1) is 0 Å². The van der Waals surface area contributed by atoms with Crippen LogP contribution >= 0.6 is 7.82 Å². The molecule has 0 radical (unpaired) electrons. The molecule has 1 atom stereocenters. The van der Waals surface area contributed by atoms with E-state index in [2.05, 4.69) is 18.4 Å². The third-order valence-electron chi connectivity index (χ3n) is 7.63. The van der Waals surface area contributed by atoms with Crippen molar-refractivity contribution in [2.45, 2.75) is 187 Å². The molecule has 0 aromatic carbocycles. The number of phosphoric acid groups is 1. The first-order chi connectivity index (χ1) is 20.3. The Morgan fingerprint density at radius 2 is 0.857 bits per heavy atom. The van der Waals surface area contributed by atoms with Gasteiger partial charge in [0.25, 0.3) is 0 Å².